The number of methoxy groups -OCH3 is 1. The first-order valence-corrected chi connectivity index (χ1v) is 5.98. The first-order valence-electron chi connectivity index (χ1n) is 5.98. The van der Waals surface area contributed by atoms with Crippen LogP contribution in [-0.4, -0.2) is 28.0 Å². The molecule has 1 N–H and O–H groups in total. The lowest BCUT2D eigenvalue weighted by Crippen LogP contribution is -1.97. The van der Waals surface area contributed by atoms with Crippen molar-refractivity contribution in [3.05, 3.63) is 36.0 Å². The smallest absolute Gasteiger partial charge is 0.339 e. The van der Waals surface area contributed by atoms with Crippen LogP contribution in [0.1, 0.15) is 16.8 Å². The molecule has 0 aliphatic rings. The molecule has 0 atom stereocenters. The van der Waals surface area contributed by atoms with Gasteiger partial charge in [0.15, 0.2) is 0 Å². The van der Waals surface area contributed by atoms with E-state index in [0.717, 1.165) is 0 Å². The number of aryl methyl sites for hydroxylation is 1. The number of carbonyl (C=O) groups is 1. The van der Waals surface area contributed by atoms with Crippen LogP contribution >= 0.6 is 0 Å². The topological polar surface area (TPSA) is 88.1 Å². The zero-order chi connectivity index (χ0) is 14.5. The second kappa shape index (κ2) is 5.89. The van der Waals surface area contributed by atoms with Gasteiger partial charge in [-0.25, -0.2) is 4.79 Å². The van der Waals surface area contributed by atoms with Gasteiger partial charge in [-0.15, -0.1) is 0 Å². The number of nitriles is 1. The van der Waals surface area contributed by atoms with E-state index in [1.165, 1.54) is 10.9 Å². The molecule has 2 rings (SSSR count). The fourth-order valence-electron chi connectivity index (χ4n) is 1.84. The number of hydrogen-bond acceptors (Lipinski definition) is 4. The van der Waals surface area contributed by atoms with Gasteiger partial charge in [-0.1, -0.05) is 12.1 Å². The molecule has 0 saturated carbocycles. The van der Waals surface area contributed by atoms with E-state index in [4.69, 9.17) is 10.00 Å². The Morgan fingerprint density at radius 2 is 2.35 bits per heavy atom. The van der Waals surface area contributed by atoms with E-state index >= 15 is 0 Å². The van der Waals surface area contributed by atoms with Gasteiger partial charge in [0.2, 0.25) is 0 Å². The van der Waals surface area contributed by atoms with E-state index in [1.807, 2.05) is 6.07 Å². The molecule has 1 heterocycles. The molecule has 0 saturated heterocycles. The lowest BCUT2D eigenvalue weighted by molar-refractivity contribution is 0.0697. The lowest BCUT2D eigenvalue weighted by atomic mass is 10.1. The van der Waals surface area contributed by atoms with Crippen LogP contribution in [0.4, 0.5) is 0 Å². The van der Waals surface area contributed by atoms with Crippen LogP contribution in [0.2, 0.25) is 0 Å². The van der Waals surface area contributed by atoms with E-state index in [0.29, 0.717) is 23.6 Å². The van der Waals surface area contributed by atoms with Crippen LogP contribution < -0.4 is 4.74 Å². The predicted molar refractivity (Wildman–Crippen MR) is 71.4 cm³/mol. The van der Waals surface area contributed by atoms with Crippen molar-refractivity contribution in [2.75, 3.05) is 7.11 Å². The summed E-state index contributed by atoms with van der Waals surface area (Å²) in [6.07, 6.45) is 1.72. The lowest BCUT2D eigenvalue weighted by Gasteiger charge is -2.03. The standard InChI is InChI=1S/C14H13N3O3/c1-20-11-5-2-4-10(8-11)13-12(14(18)19)9-17(16-13)7-3-6-15/h2,4-5,8-9H,3,7H2,1H3,(H,18,19). The summed E-state index contributed by atoms with van der Waals surface area (Å²) in [5, 5.41) is 22.1. The highest BCUT2D eigenvalue weighted by molar-refractivity contribution is 5.94. The summed E-state index contributed by atoms with van der Waals surface area (Å²) in [6.45, 7) is 0.362. The highest BCUT2D eigenvalue weighted by Crippen LogP contribution is 2.25. The van der Waals surface area contributed by atoms with Crippen LogP contribution in [0.5, 0.6) is 5.75 Å². The van der Waals surface area contributed by atoms with E-state index in [9.17, 15) is 9.90 Å². The van der Waals surface area contributed by atoms with Crippen molar-refractivity contribution in [1.29, 1.82) is 5.26 Å². The van der Waals surface area contributed by atoms with Gasteiger partial charge in [-0.2, -0.15) is 10.4 Å². The van der Waals surface area contributed by atoms with Gasteiger partial charge >= 0.3 is 5.97 Å². The van der Waals surface area contributed by atoms with Crippen molar-refractivity contribution in [3.63, 3.8) is 0 Å². The molecule has 102 valence electrons. The van der Waals surface area contributed by atoms with Crippen LogP contribution in [0, 0.1) is 11.3 Å². The Morgan fingerprint density at radius 1 is 1.55 bits per heavy atom. The number of carboxylic acids is 1. The maximum absolute atomic E-state index is 11.3. The van der Waals surface area contributed by atoms with Gasteiger partial charge < -0.3 is 9.84 Å². The molecule has 0 radical (unpaired) electrons. The van der Waals surface area contributed by atoms with Gasteiger partial charge in [0.05, 0.1) is 26.1 Å². The summed E-state index contributed by atoms with van der Waals surface area (Å²) in [4.78, 5) is 11.3. The molecule has 6 heteroatoms. The molecule has 0 amide bonds. The average Bonchev–Trinajstić information content (AvgIpc) is 2.89. The monoisotopic (exact) mass is 271 g/mol. The first kappa shape index (κ1) is 13.6. The third-order valence-electron chi connectivity index (χ3n) is 2.79. The largest absolute Gasteiger partial charge is 0.497 e. The van der Waals surface area contributed by atoms with E-state index < -0.39 is 5.97 Å². The minimum absolute atomic E-state index is 0.108. The van der Waals surface area contributed by atoms with Crippen LogP contribution in [0.3, 0.4) is 0 Å². The molecule has 2 aromatic rings. The highest BCUT2D eigenvalue weighted by Gasteiger charge is 2.17. The third-order valence-corrected chi connectivity index (χ3v) is 2.79. The minimum Gasteiger partial charge on any atom is -0.497 e. The number of carboxylic acid groups (broad SMARTS) is 1. The average molecular weight is 271 g/mol. The summed E-state index contributed by atoms with van der Waals surface area (Å²) in [7, 11) is 1.54. The zero-order valence-electron chi connectivity index (χ0n) is 10.9. The molecule has 0 unspecified atom stereocenters. The number of rotatable bonds is 5. The third kappa shape index (κ3) is 2.78. The Labute approximate surface area is 115 Å². The maximum atomic E-state index is 11.3. The molecular formula is C14H13N3O3. The van der Waals surface area contributed by atoms with Crippen molar-refractivity contribution in [3.8, 4) is 23.1 Å². The number of hydrogen-bond donors (Lipinski definition) is 1. The minimum atomic E-state index is -1.05. The number of benzene rings is 1. The molecule has 1 aromatic heterocycles. The molecule has 0 bridgehead atoms. The summed E-state index contributed by atoms with van der Waals surface area (Å²) < 4.78 is 6.60. The van der Waals surface area contributed by atoms with Crippen molar-refractivity contribution in [1.82, 2.24) is 9.78 Å². The van der Waals surface area contributed by atoms with Crippen LogP contribution in [0.15, 0.2) is 30.5 Å². The Hall–Kier alpha value is -2.81. The molecular weight excluding hydrogens is 258 g/mol. The SMILES string of the molecule is COc1cccc(-c2nn(CCC#N)cc2C(=O)O)c1. The molecule has 0 aliphatic carbocycles. The molecule has 20 heavy (non-hydrogen) atoms. The molecule has 6 nitrogen and oxygen atoms in total. The van der Waals surface area contributed by atoms with Crippen molar-refractivity contribution >= 4 is 5.97 Å². The summed E-state index contributed by atoms with van der Waals surface area (Å²) in [5.74, 6) is -0.420. The fourth-order valence-corrected chi connectivity index (χ4v) is 1.84. The highest BCUT2D eigenvalue weighted by atomic mass is 16.5. The maximum Gasteiger partial charge on any atom is 0.339 e. The van der Waals surface area contributed by atoms with E-state index in [1.54, 1.807) is 31.4 Å². The molecule has 0 fully saturated rings. The number of nitrogens with zero attached hydrogens (tertiary/aromatic N) is 3. The second-order valence-corrected chi connectivity index (χ2v) is 4.10. The van der Waals surface area contributed by atoms with Crippen molar-refractivity contribution in [2.45, 2.75) is 13.0 Å². The summed E-state index contributed by atoms with van der Waals surface area (Å²) >= 11 is 0. The zero-order valence-corrected chi connectivity index (χ0v) is 10.9. The quantitative estimate of drug-likeness (QED) is 0.900. The Balaban J connectivity index is 2.45. The van der Waals surface area contributed by atoms with Gasteiger partial charge in [-0.3, -0.25) is 4.68 Å². The second-order valence-electron chi connectivity index (χ2n) is 4.10. The predicted octanol–water partition coefficient (Wildman–Crippen LogP) is 2.17. The summed E-state index contributed by atoms with van der Waals surface area (Å²) in [6, 6.07) is 9.05. The van der Waals surface area contributed by atoms with E-state index in [2.05, 4.69) is 5.10 Å². The Bertz CT molecular complexity index is 671. The number of aromatic carboxylic acids is 1. The Morgan fingerprint density at radius 3 is 3.00 bits per heavy atom. The van der Waals surface area contributed by atoms with Gasteiger partial charge in [0.25, 0.3) is 0 Å². The normalized spacial score (nSPS) is 10.0. The molecule has 0 aliphatic heterocycles. The number of ether oxygens (including phenoxy) is 1. The Kier molecular flexibility index (Phi) is 4.01. The first-order chi connectivity index (χ1) is 9.65. The van der Waals surface area contributed by atoms with Gasteiger partial charge in [0.1, 0.15) is 17.0 Å². The molecule has 1 aromatic carbocycles. The van der Waals surface area contributed by atoms with Crippen LogP contribution in [0.25, 0.3) is 11.3 Å². The van der Waals surface area contributed by atoms with Crippen LogP contribution in [-0.2, 0) is 6.54 Å². The summed E-state index contributed by atoms with van der Waals surface area (Å²) in [5.41, 5.74) is 1.14. The van der Waals surface area contributed by atoms with Crippen molar-refractivity contribution < 1.29 is 14.6 Å². The molecule has 0 spiro atoms. The van der Waals surface area contributed by atoms with Gasteiger partial charge in [-0.05, 0) is 12.1 Å². The number of aromatic nitrogens is 2. The van der Waals surface area contributed by atoms with Crippen molar-refractivity contribution in [2.24, 2.45) is 0 Å². The van der Waals surface area contributed by atoms with Gasteiger partial charge in [0, 0.05) is 11.8 Å². The van der Waals surface area contributed by atoms with E-state index in [-0.39, 0.29) is 12.0 Å². The fraction of sp³-hybridized carbons (Fsp3) is 0.214.